The van der Waals surface area contributed by atoms with Crippen molar-refractivity contribution in [3.05, 3.63) is 34.1 Å². The molecule has 1 atom stereocenters. The van der Waals surface area contributed by atoms with Crippen molar-refractivity contribution in [2.24, 2.45) is 0 Å². The Morgan fingerprint density at radius 2 is 1.93 bits per heavy atom. The van der Waals surface area contributed by atoms with Gasteiger partial charge < -0.3 is 5.11 Å². The van der Waals surface area contributed by atoms with Crippen LogP contribution in [0.3, 0.4) is 0 Å². The summed E-state index contributed by atoms with van der Waals surface area (Å²) < 4.78 is 38.6. The molecule has 14 heavy (non-hydrogen) atoms. The van der Waals surface area contributed by atoms with E-state index in [4.69, 9.17) is 5.11 Å². The molecule has 1 aromatic carbocycles. The second-order valence-electron chi connectivity index (χ2n) is 2.61. The Balaban J connectivity index is 3.08. The second-order valence-corrected chi connectivity index (χ2v) is 4.58. The molecule has 0 heterocycles. The summed E-state index contributed by atoms with van der Waals surface area (Å²) in [4.78, 5) is -3.54. The fourth-order valence-corrected chi connectivity index (χ4v) is 1.48. The van der Waals surface area contributed by atoms with Crippen LogP contribution in [-0.2, 0) is 0 Å². The van der Waals surface area contributed by atoms with Crippen molar-refractivity contribution in [3.63, 3.8) is 0 Å². The van der Waals surface area contributed by atoms with Crippen molar-refractivity contribution in [2.45, 2.75) is 10.9 Å². The minimum absolute atomic E-state index is 0.420. The van der Waals surface area contributed by atoms with Crippen molar-refractivity contribution in [1.29, 1.82) is 0 Å². The van der Waals surface area contributed by atoms with Crippen LogP contribution in [-0.4, -0.2) is 9.94 Å². The molecule has 0 fully saturated rings. The molecule has 0 amide bonds. The third-order valence-electron chi connectivity index (χ3n) is 1.57. The number of aliphatic hydroxyl groups excluding tert-OH is 1. The minimum Gasteiger partial charge on any atom is -0.381 e. The molecule has 1 N–H and O–H groups in total. The zero-order valence-corrected chi connectivity index (χ0v) is 9.82. The number of alkyl halides is 3. The fourth-order valence-electron chi connectivity index (χ4n) is 0.900. The highest BCUT2D eigenvalue weighted by atomic mass is 79.9. The van der Waals surface area contributed by atoms with Gasteiger partial charge in [-0.1, -0.05) is 22.0 Å². The smallest absolute Gasteiger partial charge is 0.330 e. The van der Waals surface area contributed by atoms with Crippen LogP contribution < -0.4 is 0 Å². The Kier molecular flexibility index (Phi) is 3.60. The molecule has 0 aromatic heterocycles. The van der Waals surface area contributed by atoms with E-state index in [0.29, 0.717) is 4.47 Å². The van der Waals surface area contributed by atoms with Crippen molar-refractivity contribution in [2.75, 3.05) is 0 Å². The van der Waals surface area contributed by atoms with Gasteiger partial charge in [0.2, 0.25) is 0 Å². The highest BCUT2D eigenvalue weighted by Crippen LogP contribution is 2.37. The lowest BCUT2D eigenvalue weighted by molar-refractivity contribution is -0.0312. The monoisotopic (exact) mass is 332 g/mol. The van der Waals surface area contributed by atoms with Crippen molar-refractivity contribution < 1.29 is 18.3 Å². The van der Waals surface area contributed by atoms with E-state index in [-0.39, 0.29) is 0 Å². The lowest BCUT2D eigenvalue weighted by Crippen LogP contribution is -2.19. The third kappa shape index (κ3) is 2.71. The van der Waals surface area contributed by atoms with Gasteiger partial charge in [-0.25, -0.2) is 4.39 Å². The Labute approximate surface area is 95.2 Å². The topological polar surface area (TPSA) is 20.2 Å². The molecular weight excluding hydrogens is 329 g/mol. The summed E-state index contributed by atoms with van der Waals surface area (Å²) in [7, 11) is 0. The van der Waals surface area contributed by atoms with E-state index in [0.717, 1.165) is 12.1 Å². The Morgan fingerprint density at radius 3 is 2.36 bits per heavy atom. The maximum atomic E-state index is 13.1. The SMILES string of the molecule is OC(c1ccc(Br)cc1F)C(F)(F)Br. The average Bonchev–Trinajstić information content (AvgIpc) is 2.01. The summed E-state index contributed by atoms with van der Waals surface area (Å²) in [6.07, 6.45) is -2.20. The van der Waals surface area contributed by atoms with Gasteiger partial charge in [0.25, 0.3) is 0 Å². The largest absolute Gasteiger partial charge is 0.381 e. The molecule has 0 spiro atoms. The molecule has 1 aromatic rings. The van der Waals surface area contributed by atoms with Crippen LogP contribution in [0.15, 0.2) is 22.7 Å². The van der Waals surface area contributed by atoms with E-state index in [2.05, 4.69) is 15.9 Å². The molecule has 0 radical (unpaired) electrons. The summed E-state index contributed by atoms with van der Waals surface area (Å²) in [5, 5.41) is 9.08. The van der Waals surface area contributed by atoms with E-state index in [1.54, 1.807) is 0 Å². The first kappa shape index (κ1) is 12.0. The summed E-state index contributed by atoms with van der Waals surface area (Å²) >= 11 is 4.95. The van der Waals surface area contributed by atoms with Gasteiger partial charge in [0.1, 0.15) is 5.82 Å². The molecule has 1 nitrogen and oxygen atoms in total. The van der Waals surface area contributed by atoms with Crippen molar-refractivity contribution in [3.8, 4) is 0 Å². The normalized spacial score (nSPS) is 14.1. The van der Waals surface area contributed by atoms with Gasteiger partial charge in [-0.15, -0.1) is 0 Å². The van der Waals surface area contributed by atoms with Gasteiger partial charge >= 0.3 is 4.83 Å². The Bertz CT molecular complexity index is 338. The Hall–Kier alpha value is -0.0700. The lowest BCUT2D eigenvalue weighted by Gasteiger charge is -2.17. The second kappa shape index (κ2) is 4.20. The van der Waals surface area contributed by atoms with Gasteiger partial charge in [-0.05, 0) is 28.1 Å². The lowest BCUT2D eigenvalue weighted by atomic mass is 10.1. The van der Waals surface area contributed by atoms with Crippen LogP contribution in [0.4, 0.5) is 13.2 Å². The van der Waals surface area contributed by atoms with E-state index < -0.39 is 22.3 Å². The number of hydrogen-bond acceptors (Lipinski definition) is 1. The van der Waals surface area contributed by atoms with Crippen molar-refractivity contribution >= 4 is 31.9 Å². The van der Waals surface area contributed by atoms with E-state index in [9.17, 15) is 13.2 Å². The maximum Gasteiger partial charge on any atom is 0.330 e. The van der Waals surface area contributed by atoms with Crippen molar-refractivity contribution in [1.82, 2.24) is 0 Å². The van der Waals surface area contributed by atoms with Gasteiger partial charge in [0.05, 0.1) is 0 Å². The van der Waals surface area contributed by atoms with Crippen LogP contribution in [0.25, 0.3) is 0 Å². The average molecular weight is 334 g/mol. The predicted molar refractivity (Wildman–Crippen MR) is 52.9 cm³/mol. The highest BCUT2D eigenvalue weighted by molar-refractivity contribution is 9.10. The first-order chi connectivity index (χ1) is 6.32. The van der Waals surface area contributed by atoms with E-state index in [1.165, 1.54) is 6.07 Å². The molecule has 0 aliphatic carbocycles. The number of halogens is 5. The summed E-state index contributed by atoms with van der Waals surface area (Å²) in [6.45, 7) is 0. The number of rotatable bonds is 2. The van der Waals surface area contributed by atoms with Gasteiger partial charge in [0.15, 0.2) is 6.10 Å². The predicted octanol–water partition coefficient (Wildman–Crippen LogP) is 3.61. The summed E-state index contributed by atoms with van der Waals surface area (Å²) in [5.74, 6) is -0.883. The number of aliphatic hydroxyl groups is 1. The third-order valence-corrected chi connectivity index (χ3v) is 2.49. The maximum absolute atomic E-state index is 13.1. The molecule has 0 aliphatic rings. The molecule has 0 saturated carbocycles. The Morgan fingerprint density at radius 1 is 1.36 bits per heavy atom. The van der Waals surface area contributed by atoms with Gasteiger partial charge in [-0.2, -0.15) is 8.78 Å². The minimum atomic E-state index is -3.54. The van der Waals surface area contributed by atoms with Gasteiger partial charge in [-0.3, -0.25) is 0 Å². The zero-order chi connectivity index (χ0) is 10.9. The zero-order valence-electron chi connectivity index (χ0n) is 6.65. The molecule has 1 unspecified atom stereocenters. The first-order valence-electron chi connectivity index (χ1n) is 3.52. The fraction of sp³-hybridized carbons (Fsp3) is 0.250. The quantitative estimate of drug-likeness (QED) is 0.820. The summed E-state index contributed by atoms with van der Waals surface area (Å²) in [6, 6.07) is 3.48. The highest BCUT2D eigenvalue weighted by Gasteiger charge is 2.37. The number of hydrogen-bond donors (Lipinski definition) is 1. The van der Waals surface area contributed by atoms with Crippen LogP contribution in [0.5, 0.6) is 0 Å². The first-order valence-corrected chi connectivity index (χ1v) is 5.10. The molecule has 6 heteroatoms. The van der Waals surface area contributed by atoms with Crippen LogP contribution in [0.1, 0.15) is 11.7 Å². The molecular formula is C8H5Br2F3O. The molecule has 1 rings (SSSR count). The number of benzene rings is 1. The van der Waals surface area contributed by atoms with Crippen LogP contribution in [0.2, 0.25) is 0 Å². The molecule has 78 valence electrons. The summed E-state index contributed by atoms with van der Waals surface area (Å²) in [5.41, 5.74) is -0.449. The van der Waals surface area contributed by atoms with Gasteiger partial charge in [0, 0.05) is 10.0 Å². The molecule has 0 bridgehead atoms. The van der Waals surface area contributed by atoms with E-state index in [1.807, 2.05) is 15.9 Å². The van der Waals surface area contributed by atoms with Crippen LogP contribution in [0, 0.1) is 5.82 Å². The molecule has 0 aliphatic heterocycles. The molecule has 0 saturated heterocycles. The standard InChI is InChI=1S/C8H5Br2F3O/c9-4-1-2-5(6(11)3-4)7(14)8(10,12)13/h1-3,7,14H. The van der Waals surface area contributed by atoms with Crippen LogP contribution >= 0.6 is 31.9 Å². The van der Waals surface area contributed by atoms with E-state index >= 15 is 0 Å².